The number of hydrogen-bond donors (Lipinski definition) is 0. The van der Waals surface area contributed by atoms with Gasteiger partial charge in [-0.15, -0.1) is 5.11 Å². The summed E-state index contributed by atoms with van der Waals surface area (Å²) < 4.78 is 2.24. The summed E-state index contributed by atoms with van der Waals surface area (Å²) in [6.45, 7) is 15.7. The summed E-state index contributed by atoms with van der Waals surface area (Å²) in [6, 6.07) is 17.2. The zero-order valence-electron chi connectivity index (χ0n) is 25.1. The van der Waals surface area contributed by atoms with Gasteiger partial charge in [0.1, 0.15) is 6.54 Å². The Kier molecular flexibility index (Phi) is 14.0. The first-order chi connectivity index (χ1) is 19.2. The third-order valence-electron chi connectivity index (χ3n) is 7.71. The zero-order valence-corrected chi connectivity index (χ0v) is 25.1. The van der Waals surface area contributed by atoms with E-state index < -0.39 is 0 Å². The number of nitrogens with zero attached hydrogens (tertiary/aromatic N) is 5. The minimum atomic E-state index is 0.886. The summed E-state index contributed by atoms with van der Waals surface area (Å²) in [5, 5.41) is 11.8. The summed E-state index contributed by atoms with van der Waals surface area (Å²) in [6.07, 6.45) is 15.7. The van der Waals surface area contributed by atoms with Gasteiger partial charge in [0, 0.05) is 54.6 Å². The summed E-state index contributed by atoms with van der Waals surface area (Å²) >= 11 is 0. The highest BCUT2D eigenvalue weighted by atomic mass is 15.1. The summed E-state index contributed by atoms with van der Waals surface area (Å²) in [5.74, 6) is 0. The number of azo groups is 1. The van der Waals surface area contributed by atoms with Gasteiger partial charge in [0.2, 0.25) is 0 Å². The van der Waals surface area contributed by atoms with E-state index in [1.165, 1.54) is 67.8 Å². The molecule has 0 radical (unpaired) electrons. The van der Waals surface area contributed by atoms with Crippen LogP contribution in [0.3, 0.4) is 0 Å². The molecule has 3 rings (SSSR count). The Balaban J connectivity index is 1.73. The Morgan fingerprint density at radius 1 is 0.615 bits per heavy atom. The highest BCUT2D eigenvalue weighted by Gasteiger charge is 2.13. The SMILES string of the molecule is CCCCCCN(CCCCCC)c1ccc(/N=N/c2cc[n+](CCCN(CC)CC)cc2)c2ccccc12. The summed E-state index contributed by atoms with van der Waals surface area (Å²) in [7, 11) is 0. The fourth-order valence-corrected chi connectivity index (χ4v) is 5.24. The molecule has 0 aliphatic heterocycles. The van der Waals surface area contributed by atoms with Gasteiger partial charge in [0.15, 0.2) is 12.4 Å². The van der Waals surface area contributed by atoms with Crippen LogP contribution in [0.5, 0.6) is 0 Å². The molecule has 39 heavy (non-hydrogen) atoms. The minimum absolute atomic E-state index is 0.886. The largest absolute Gasteiger partial charge is 0.371 e. The maximum Gasteiger partial charge on any atom is 0.171 e. The minimum Gasteiger partial charge on any atom is -0.371 e. The van der Waals surface area contributed by atoms with E-state index >= 15 is 0 Å². The molecule has 0 atom stereocenters. The van der Waals surface area contributed by atoms with Crippen LogP contribution in [0.4, 0.5) is 17.1 Å². The number of fused-ring (bicyclic) bond motifs is 1. The molecule has 2 aromatic carbocycles. The number of rotatable bonds is 19. The fraction of sp³-hybridized carbons (Fsp3) is 0.559. The number of anilines is 1. The number of pyridine rings is 1. The van der Waals surface area contributed by atoms with Crippen LogP contribution in [0, 0.1) is 0 Å². The summed E-state index contributed by atoms with van der Waals surface area (Å²) in [5.41, 5.74) is 3.15. The molecule has 0 amide bonds. The van der Waals surface area contributed by atoms with Gasteiger partial charge in [-0.1, -0.05) is 90.5 Å². The number of benzene rings is 2. The number of aromatic nitrogens is 1. The molecule has 0 aliphatic carbocycles. The molecule has 0 fully saturated rings. The standard InChI is InChI=1S/C34H52N5/c1-5-9-11-15-26-39(27-16-12-10-6-2)34-21-20-33(31-18-13-14-19-32(31)34)36-35-30-22-28-38(29-23-30)25-17-24-37(7-3)8-4/h13-14,18-23,28-29H,5-12,15-17,24-27H2,1-4H3/q+1. The second kappa shape index (κ2) is 17.7. The van der Waals surface area contributed by atoms with Crippen molar-refractivity contribution in [1.29, 1.82) is 0 Å². The molecular weight excluding hydrogens is 478 g/mol. The third-order valence-corrected chi connectivity index (χ3v) is 7.71. The lowest BCUT2D eigenvalue weighted by molar-refractivity contribution is -0.697. The molecular formula is C34H52N5+. The Labute approximate surface area is 238 Å². The van der Waals surface area contributed by atoms with E-state index in [4.69, 9.17) is 5.11 Å². The van der Waals surface area contributed by atoms with Gasteiger partial charge in [-0.25, -0.2) is 4.57 Å². The van der Waals surface area contributed by atoms with Crippen molar-refractivity contribution in [1.82, 2.24) is 4.90 Å². The lowest BCUT2D eigenvalue weighted by Gasteiger charge is -2.27. The average molecular weight is 531 g/mol. The van der Waals surface area contributed by atoms with E-state index in [0.29, 0.717) is 0 Å². The highest BCUT2D eigenvalue weighted by Crippen LogP contribution is 2.35. The van der Waals surface area contributed by atoms with Gasteiger partial charge in [0.05, 0.1) is 11.4 Å². The molecule has 0 aliphatic rings. The average Bonchev–Trinajstić information content (AvgIpc) is 2.98. The van der Waals surface area contributed by atoms with Gasteiger partial charge in [0.25, 0.3) is 0 Å². The Morgan fingerprint density at radius 2 is 1.26 bits per heavy atom. The van der Waals surface area contributed by atoms with Gasteiger partial charge >= 0.3 is 0 Å². The molecule has 1 aromatic heterocycles. The summed E-state index contributed by atoms with van der Waals surface area (Å²) in [4.78, 5) is 5.08. The predicted octanol–water partition coefficient (Wildman–Crippen LogP) is 9.24. The van der Waals surface area contributed by atoms with Crippen LogP contribution in [0.15, 0.2) is 71.2 Å². The molecule has 0 unspecified atom stereocenters. The van der Waals surface area contributed by atoms with Crippen LogP contribution in [0.25, 0.3) is 10.8 Å². The predicted molar refractivity (Wildman–Crippen MR) is 168 cm³/mol. The van der Waals surface area contributed by atoms with Crippen molar-refractivity contribution in [2.24, 2.45) is 10.2 Å². The van der Waals surface area contributed by atoms with Crippen molar-refractivity contribution in [3.63, 3.8) is 0 Å². The molecule has 0 saturated heterocycles. The van der Waals surface area contributed by atoms with Crippen molar-refractivity contribution in [2.45, 2.75) is 92.0 Å². The molecule has 1 heterocycles. The normalized spacial score (nSPS) is 11.7. The lowest BCUT2D eigenvalue weighted by Crippen LogP contribution is -2.35. The maximum absolute atomic E-state index is 4.71. The van der Waals surface area contributed by atoms with Crippen LogP contribution >= 0.6 is 0 Å². The van der Waals surface area contributed by atoms with Crippen molar-refractivity contribution < 1.29 is 4.57 Å². The van der Waals surface area contributed by atoms with E-state index in [9.17, 15) is 0 Å². The Bertz CT molecular complexity index is 1090. The van der Waals surface area contributed by atoms with E-state index in [1.54, 1.807) is 0 Å². The second-order valence-electron chi connectivity index (χ2n) is 10.6. The quantitative estimate of drug-likeness (QED) is 0.0879. The van der Waals surface area contributed by atoms with Crippen LogP contribution in [-0.4, -0.2) is 37.6 Å². The van der Waals surface area contributed by atoms with Crippen LogP contribution in [0.1, 0.15) is 85.5 Å². The molecule has 0 bridgehead atoms. The van der Waals surface area contributed by atoms with Crippen molar-refractivity contribution in [3.05, 3.63) is 60.9 Å². The molecule has 212 valence electrons. The monoisotopic (exact) mass is 530 g/mol. The number of hydrogen-bond acceptors (Lipinski definition) is 4. The molecule has 0 saturated carbocycles. The zero-order chi connectivity index (χ0) is 27.7. The number of aryl methyl sites for hydroxylation is 1. The first-order valence-corrected chi connectivity index (χ1v) is 15.6. The third kappa shape index (κ3) is 10.0. The van der Waals surface area contributed by atoms with Crippen molar-refractivity contribution in [3.8, 4) is 0 Å². The van der Waals surface area contributed by atoms with Crippen molar-refractivity contribution in [2.75, 3.05) is 37.6 Å². The molecule has 5 heteroatoms. The molecule has 5 nitrogen and oxygen atoms in total. The van der Waals surface area contributed by atoms with Crippen molar-refractivity contribution >= 4 is 27.8 Å². The van der Waals surface area contributed by atoms with E-state index in [2.05, 4.69) is 108 Å². The number of unbranched alkanes of at least 4 members (excludes halogenated alkanes) is 6. The maximum atomic E-state index is 4.71. The Morgan fingerprint density at radius 3 is 1.87 bits per heavy atom. The topological polar surface area (TPSA) is 35.1 Å². The Hall–Kier alpha value is -2.79. The molecule has 0 spiro atoms. The van der Waals surface area contributed by atoms with Gasteiger partial charge in [-0.2, -0.15) is 5.11 Å². The van der Waals surface area contributed by atoms with Gasteiger partial charge < -0.3 is 9.80 Å². The fourth-order valence-electron chi connectivity index (χ4n) is 5.24. The van der Waals surface area contributed by atoms with Gasteiger partial charge in [-0.05, 0) is 38.1 Å². The highest BCUT2D eigenvalue weighted by molar-refractivity contribution is 6.01. The van der Waals surface area contributed by atoms with Crippen LogP contribution in [-0.2, 0) is 6.54 Å². The van der Waals surface area contributed by atoms with E-state index in [-0.39, 0.29) is 0 Å². The smallest absolute Gasteiger partial charge is 0.171 e. The van der Waals surface area contributed by atoms with Crippen LogP contribution in [0.2, 0.25) is 0 Å². The second-order valence-corrected chi connectivity index (χ2v) is 10.6. The van der Waals surface area contributed by atoms with E-state index in [0.717, 1.165) is 57.1 Å². The van der Waals surface area contributed by atoms with Gasteiger partial charge in [-0.3, -0.25) is 0 Å². The first-order valence-electron chi connectivity index (χ1n) is 15.6. The van der Waals surface area contributed by atoms with Crippen LogP contribution < -0.4 is 9.47 Å². The van der Waals surface area contributed by atoms with E-state index in [1.807, 2.05) is 0 Å². The molecule has 0 N–H and O–H groups in total. The first kappa shape index (κ1) is 30.7. The molecule has 3 aromatic rings. The lowest BCUT2D eigenvalue weighted by atomic mass is 10.0.